The molecule has 0 fully saturated rings. The Labute approximate surface area is 95.1 Å². The van der Waals surface area contributed by atoms with E-state index in [1.54, 1.807) is 6.07 Å². The first-order valence-corrected chi connectivity index (χ1v) is 5.78. The maximum Gasteiger partial charge on any atom is 0.329 e. The van der Waals surface area contributed by atoms with E-state index in [2.05, 4.69) is 15.9 Å². The summed E-state index contributed by atoms with van der Waals surface area (Å²) in [6, 6.07) is 3.57. The van der Waals surface area contributed by atoms with Crippen molar-refractivity contribution in [2.45, 2.75) is 19.4 Å². The number of thiophene rings is 1. The van der Waals surface area contributed by atoms with E-state index in [1.165, 1.54) is 11.3 Å². The van der Waals surface area contributed by atoms with Gasteiger partial charge in [-0.3, -0.25) is 0 Å². The summed E-state index contributed by atoms with van der Waals surface area (Å²) in [5, 5.41) is 9.13. The predicted molar refractivity (Wildman–Crippen MR) is 60.4 cm³/mol. The summed E-state index contributed by atoms with van der Waals surface area (Å²) in [4.78, 5) is 11.8. The Morgan fingerprint density at radius 2 is 2.21 bits per heavy atom. The van der Waals surface area contributed by atoms with Gasteiger partial charge < -0.3 is 10.8 Å². The molecule has 0 aliphatic carbocycles. The van der Waals surface area contributed by atoms with Crippen LogP contribution in [0.2, 0.25) is 0 Å². The van der Waals surface area contributed by atoms with Gasteiger partial charge in [0, 0.05) is 4.88 Å². The SMILES string of the molecule is CC(C)C(N)(C(=O)O)c1ccc(Br)s1. The molecule has 1 aromatic rings. The van der Waals surface area contributed by atoms with Crippen molar-refractivity contribution >= 4 is 33.2 Å². The molecule has 3 nitrogen and oxygen atoms in total. The molecule has 14 heavy (non-hydrogen) atoms. The second-order valence-corrected chi connectivity index (χ2v) is 5.90. The summed E-state index contributed by atoms with van der Waals surface area (Å²) >= 11 is 4.66. The summed E-state index contributed by atoms with van der Waals surface area (Å²) in [5.74, 6) is -1.13. The Kier molecular flexibility index (Phi) is 3.34. The fourth-order valence-corrected chi connectivity index (χ4v) is 2.80. The lowest BCUT2D eigenvalue weighted by molar-refractivity contribution is -0.145. The minimum absolute atomic E-state index is 0.148. The highest BCUT2D eigenvalue weighted by Crippen LogP contribution is 2.34. The average Bonchev–Trinajstić information content (AvgIpc) is 2.49. The molecule has 5 heteroatoms. The van der Waals surface area contributed by atoms with Crippen molar-refractivity contribution in [2.24, 2.45) is 11.7 Å². The molecule has 1 aromatic heterocycles. The molecular weight excluding hydrogens is 266 g/mol. The largest absolute Gasteiger partial charge is 0.480 e. The first-order valence-electron chi connectivity index (χ1n) is 4.17. The van der Waals surface area contributed by atoms with Crippen LogP contribution in [0.5, 0.6) is 0 Å². The van der Waals surface area contributed by atoms with E-state index in [9.17, 15) is 4.79 Å². The zero-order chi connectivity index (χ0) is 10.9. The highest BCUT2D eigenvalue weighted by atomic mass is 79.9. The zero-order valence-electron chi connectivity index (χ0n) is 7.95. The monoisotopic (exact) mass is 277 g/mol. The van der Waals surface area contributed by atoms with E-state index in [0.717, 1.165) is 3.79 Å². The molecule has 0 saturated heterocycles. The van der Waals surface area contributed by atoms with Crippen LogP contribution < -0.4 is 5.73 Å². The number of nitrogens with two attached hydrogens (primary N) is 1. The first kappa shape index (κ1) is 11.7. The summed E-state index contributed by atoms with van der Waals surface area (Å²) in [5.41, 5.74) is 4.63. The van der Waals surface area contributed by atoms with Gasteiger partial charge in [0.05, 0.1) is 3.79 Å². The number of carboxylic acid groups (broad SMARTS) is 1. The molecule has 0 amide bonds. The minimum atomic E-state index is -1.28. The van der Waals surface area contributed by atoms with E-state index < -0.39 is 11.5 Å². The minimum Gasteiger partial charge on any atom is -0.480 e. The Morgan fingerprint density at radius 3 is 2.50 bits per heavy atom. The van der Waals surface area contributed by atoms with Crippen molar-refractivity contribution in [2.75, 3.05) is 0 Å². The standard InChI is InChI=1S/C9H12BrNO2S/c1-5(2)9(11,8(12)13)6-3-4-7(10)14-6/h3-5H,11H2,1-2H3,(H,12,13). The number of carbonyl (C=O) groups is 1. The van der Waals surface area contributed by atoms with Gasteiger partial charge in [0.15, 0.2) is 5.54 Å². The lowest BCUT2D eigenvalue weighted by Crippen LogP contribution is -2.48. The van der Waals surface area contributed by atoms with Gasteiger partial charge in [0.2, 0.25) is 0 Å². The van der Waals surface area contributed by atoms with Crippen LogP contribution in [0.15, 0.2) is 15.9 Å². The maximum atomic E-state index is 11.1. The Morgan fingerprint density at radius 1 is 1.64 bits per heavy atom. The number of hydrogen-bond acceptors (Lipinski definition) is 3. The van der Waals surface area contributed by atoms with Crippen LogP contribution in [0, 0.1) is 5.92 Å². The van der Waals surface area contributed by atoms with Crippen LogP contribution in [-0.4, -0.2) is 11.1 Å². The normalized spacial score (nSPS) is 15.5. The van der Waals surface area contributed by atoms with Crippen LogP contribution in [0.1, 0.15) is 18.7 Å². The zero-order valence-corrected chi connectivity index (χ0v) is 10.4. The number of rotatable bonds is 3. The van der Waals surface area contributed by atoms with E-state index in [4.69, 9.17) is 10.8 Å². The summed E-state index contributed by atoms with van der Waals surface area (Å²) in [6.07, 6.45) is 0. The van der Waals surface area contributed by atoms with Crippen molar-refractivity contribution in [3.8, 4) is 0 Å². The van der Waals surface area contributed by atoms with Crippen LogP contribution in [0.4, 0.5) is 0 Å². The van der Waals surface area contributed by atoms with Crippen molar-refractivity contribution in [3.63, 3.8) is 0 Å². The average molecular weight is 278 g/mol. The predicted octanol–water partition coefficient (Wildman–Crippen LogP) is 2.41. The van der Waals surface area contributed by atoms with E-state index >= 15 is 0 Å². The van der Waals surface area contributed by atoms with E-state index in [-0.39, 0.29) is 5.92 Å². The number of halogens is 1. The molecule has 0 aliphatic heterocycles. The quantitative estimate of drug-likeness (QED) is 0.892. The molecule has 0 spiro atoms. The topological polar surface area (TPSA) is 63.3 Å². The van der Waals surface area contributed by atoms with Gasteiger partial charge >= 0.3 is 5.97 Å². The van der Waals surface area contributed by atoms with Gasteiger partial charge in [-0.15, -0.1) is 11.3 Å². The lowest BCUT2D eigenvalue weighted by atomic mass is 9.86. The van der Waals surface area contributed by atoms with Crippen molar-refractivity contribution in [1.82, 2.24) is 0 Å². The molecule has 0 aromatic carbocycles. The second-order valence-electron chi connectivity index (χ2n) is 3.43. The fraction of sp³-hybridized carbons (Fsp3) is 0.444. The van der Waals surface area contributed by atoms with Crippen molar-refractivity contribution in [3.05, 3.63) is 20.8 Å². The third kappa shape index (κ3) is 1.85. The van der Waals surface area contributed by atoms with Gasteiger partial charge in [0.25, 0.3) is 0 Å². The molecule has 0 radical (unpaired) electrons. The van der Waals surface area contributed by atoms with Crippen molar-refractivity contribution in [1.29, 1.82) is 0 Å². The van der Waals surface area contributed by atoms with Gasteiger partial charge in [-0.25, -0.2) is 4.79 Å². The number of aliphatic carboxylic acids is 1. The second kappa shape index (κ2) is 4.00. The van der Waals surface area contributed by atoms with Gasteiger partial charge in [0.1, 0.15) is 0 Å². The van der Waals surface area contributed by atoms with Crippen LogP contribution >= 0.6 is 27.3 Å². The lowest BCUT2D eigenvalue weighted by Gasteiger charge is -2.27. The number of hydrogen-bond donors (Lipinski definition) is 2. The smallest absolute Gasteiger partial charge is 0.329 e. The van der Waals surface area contributed by atoms with E-state index in [1.807, 2.05) is 19.9 Å². The molecule has 1 atom stereocenters. The Balaban J connectivity index is 3.19. The van der Waals surface area contributed by atoms with E-state index in [0.29, 0.717) is 4.88 Å². The van der Waals surface area contributed by atoms with Gasteiger partial charge in [-0.05, 0) is 34.0 Å². The molecular formula is C9H12BrNO2S. The number of carboxylic acids is 1. The van der Waals surface area contributed by atoms with Crippen molar-refractivity contribution < 1.29 is 9.90 Å². The van der Waals surface area contributed by atoms with Gasteiger partial charge in [-0.1, -0.05) is 13.8 Å². The summed E-state index contributed by atoms with van der Waals surface area (Å²) < 4.78 is 0.893. The first-order chi connectivity index (χ1) is 6.39. The third-order valence-corrected chi connectivity index (χ3v) is 4.02. The molecule has 1 heterocycles. The summed E-state index contributed by atoms with van der Waals surface area (Å²) in [6.45, 7) is 3.61. The molecule has 1 rings (SSSR count). The molecule has 0 saturated carbocycles. The van der Waals surface area contributed by atoms with Gasteiger partial charge in [-0.2, -0.15) is 0 Å². The fourth-order valence-electron chi connectivity index (χ4n) is 1.17. The van der Waals surface area contributed by atoms with Crippen LogP contribution in [-0.2, 0) is 10.3 Å². The highest BCUT2D eigenvalue weighted by molar-refractivity contribution is 9.11. The molecule has 1 unspecified atom stereocenters. The highest BCUT2D eigenvalue weighted by Gasteiger charge is 2.40. The summed E-state index contributed by atoms with van der Waals surface area (Å²) in [7, 11) is 0. The van der Waals surface area contributed by atoms with Crippen LogP contribution in [0.3, 0.4) is 0 Å². The Hall–Kier alpha value is -0.390. The molecule has 78 valence electrons. The maximum absolute atomic E-state index is 11.1. The molecule has 0 bridgehead atoms. The Bertz CT molecular complexity index is 350. The third-order valence-electron chi connectivity index (χ3n) is 2.25. The molecule has 3 N–H and O–H groups in total. The van der Waals surface area contributed by atoms with Crippen LogP contribution in [0.25, 0.3) is 0 Å². The molecule has 0 aliphatic rings.